The molecular weight excluding hydrogens is 351 g/mol. The SMILES string of the molecule is Nc1ccc(C(=O)Nc2ccc(Br)c(C(F)(F)F)c2)nc1. The standard InChI is InChI=1S/C13H9BrF3N3O/c14-10-3-2-8(5-9(10)13(15,16)17)20-12(21)11-4-1-7(18)6-19-11/h1-6H,18H2,(H,20,21). The number of nitrogens with one attached hydrogen (secondary N) is 1. The predicted octanol–water partition coefficient (Wildman–Crippen LogP) is 3.70. The highest BCUT2D eigenvalue weighted by Gasteiger charge is 2.33. The van der Waals surface area contributed by atoms with E-state index in [1.165, 1.54) is 30.5 Å². The molecule has 110 valence electrons. The van der Waals surface area contributed by atoms with Crippen LogP contribution in [0, 0.1) is 0 Å². The van der Waals surface area contributed by atoms with Crippen LogP contribution in [0.4, 0.5) is 24.5 Å². The summed E-state index contributed by atoms with van der Waals surface area (Å²) in [4.78, 5) is 15.7. The Morgan fingerprint density at radius 2 is 1.95 bits per heavy atom. The van der Waals surface area contributed by atoms with E-state index in [4.69, 9.17) is 5.73 Å². The molecule has 0 saturated carbocycles. The molecule has 0 spiro atoms. The number of carbonyl (C=O) groups is 1. The van der Waals surface area contributed by atoms with Crippen molar-refractivity contribution in [2.75, 3.05) is 11.1 Å². The Balaban J connectivity index is 2.24. The Morgan fingerprint density at radius 3 is 2.52 bits per heavy atom. The fourth-order valence-electron chi connectivity index (χ4n) is 1.56. The lowest BCUT2D eigenvalue weighted by molar-refractivity contribution is -0.138. The van der Waals surface area contributed by atoms with Crippen LogP contribution in [0.15, 0.2) is 41.0 Å². The summed E-state index contributed by atoms with van der Waals surface area (Å²) in [6.45, 7) is 0. The number of halogens is 4. The summed E-state index contributed by atoms with van der Waals surface area (Å²) >= 11 is 2.83. The van der Waals surface area contributed by atoms with Crippen molar-refractivity contribution in [2.45, 2.75) is 6.18 Å². The van der Waals surface area contributed by atoms with E-state index in [1.807, 2.05) is 0 Å². The number of amides is 1. The number of benzene rings is 1. The molecule has 0 unspecified atom stereocenters. The molecule has 1 amide bonds. The van der Waals surface area contributed by atoms with E-state index in [2.05, 4.69) is 26.2 Å². The van der Waals surface area contributed by atoms with Crippen molar-refractivity contribution in [3.8, 4) is 0 Å². The van der Waals surface area contributed by atoms with Gasteiger partial charge in [-0.3, -0.25) is 4.79 Å². The summed E-state index contributed by atoms with van der Waals surface area (Å²) in [5.41, 5.74) is 5.03. The Bertz CT molecular complexity index is 671. The number of alkyl halides is 3. The van der Waals surface area contributed by atoms with Gasteiger partial charge in [0.2, 0.25) is 0 Å². The third-order valence-corrected chi connectivity index (χ3v) is 3.24. The smallest absolute Gasteiger partial charge is 0.397 e. The summed E-state index contributed by atoms with van der Waals surface area (Å²) in [5, 5.41) is 2.35. The van der Waals surface area contributed by atoms with Gasteiger partial charge in [-0.2, -0.15) is 13.2 Å². The quantitative estimate of drug-likeness (QED) is 0.858. The van der Waals surface area contributed by atoms with Crippen LogP contribution in [0.5, 0.6) is 0 Å². The second-order valence-corrected chi connectivity index (χ2v) is 4.98. The van der Waals surface area contributed by atoms with Gasteiger partial charge in [-0.1, -0.05) is 15.9 Å². The first-order chi connectivity index (χ1) is 9.77. The van der Waals surface area contributed by atoms with Gasteiger partial charge < -0.3 is 11.1 Å². The fourth-order valence-corrected chi connectivity index (χ4v) is 2.03. The van der Waals surface area contributed by atoms with E-state index in [1.54, 1.807) is 0 Å². The van der Waals surface area contributed by atoms with Crippen molar-refractivity contribution in [3.05, 3.63) is 52.3 Å². The van der Waals surface area contributed by atoms with Crippen molar-refractivity contribution in [2.24, 2.45) is 0 Å². The number of anilines is 2. The highest BCUT2D eigenvalue weighted by Crippen LogP contribution is 2.36. The van der Waals surface area contributed by atoms with Crippen molar-refractivity contribution in [1.82, 2.24) is 4.98 Å². The topological polar surface area (TPSA) is 68.0 Å². The molecule has 1 aromatic heterocycles. The molecule has 2 rings (SSSR count). The molecule has 0 saturated heterocycles. The van der Waals surface area contributed by atoms with Crippen molar-refractivity contribution in [3.63, 3.8) is 0 Å². The molecule has 8 heteroatoms. The summed E-state index contributed by atoms with van der Waals surface area (Å²) < 4.78 is 38.2. The largest absolute Gasteiger partial charge is 0.417 e. The lowest BCUT2D eigenvalue weighted by Crippen LogP contribution is -2.15. The van der Waals surface area contributed by atoms with Gasteiger partial charge in [-0.05, 0) is 30.3 Å². The van der Waals surface area contributed by atoms with Gasteiger partial charge in [-0.15, -0.1) is 0 Å². The Hall–Kier alpha value is -2.09. The lowest BCUT2D eigenvalue weighted by atomic mass is 10.2. The maximum absolute atomic E-state index is 12.8. The number of nitrogens with two attached hydrogens (primary N) is 1. The van der Waals surface area contributed by atoms with Crippen LogP contribution in [0.3, 0.4) is 0 Å². The Morgan fingerprint density at radius 1 is 1.24 bits per heavy atom. The van der Waals surface area contributed by atoms with Crippen LogP contribution in [0.25, 0.3) is 0 Å². The first-order valence-corrected chi connectivity index (χ1v) is 6.46. The molecule has 2 aromatic rings. The predicted molar refractivity (Wildman–Crippen MR) is 75.7 cm³/mol. The summed E-state index contributed by atoms with van der Waals surface area (Å²) in [5.74, 6) is -0.620. The average molecular weight is 360 g/mol. The van der Waals surface area contributed by atoms with Crippen LogP contribution in [0.1, 0.15) is 16.1 Å². The van der Waals surface area contributed by atoms with E-state index in [-0.39, 0.29) is 15.9 Å². The molecule has 0 bridgehead atoms. The minimum atomic E-state index is -4.51. The molecule has 21 heavy (non-hydrogen) atoms. The Labute approximate surface area is 126 Å². The highest BCUT2D eigenvalue weighted by atomic mass is 79.9. The molecular formula is C13H9BrF3N3O. The molecule has 4 nitrogen and oxygen atoms in total. The Kier molecular flexibility index (Phi) is 4.17. The number of hydrogen-bond donors (Lipinski definition) is 2. The second kappa shape index (κ2) is 5.72. The number of nitrogens with zero attached hydrogens (tertiary/aromatic N) is 1. The van der Waals surface area contributed by atoms with Crippen molar-refractivity contribution >= 4 is 33.2 Å². The lowest BCUT2D eigenvalue weighted by Gasteiger charge is -2.11. The van der Waals surface area contributed by atoms with E-state index < -0.39 is 17.6 Å². The maximum Gasteiger partial charge on any atom is 0.417 e. The molecule has 0 atom stereocenters. The molecule has 0 aliphatic rings. The van der Waals surface area contributed by atoms with Crippen molar-refractivity contribution < 1.29 is 18.0 Å². The van der Waals surface area contributed by atoms with Gasteiger partial charge in [0.1, 0.15) is 5.69 Å². The molecule has 0 aliphatic heterocycles. The zero-order valence-corrected chi connectivity index (χ0v) is 12.0. The fraction of sp³-hybridized carbons (Fsp3) is 0.0769. The van der Waals surface area contributed by atoms with E-state index in [9.17, 15) is 18.0 Å². The van der Waals surface area contributed by atoms with Crippen LogP contribution >= 0.6 is 15.9 Å². The van der Waals surface area contributed by atoms with Gasteiger partial charge >= 0.3 is 6.18 Å². The summed E-state index contributed by atoms with van der Waals surface area (Å²) in [6, 6.07) is 6.28. The monoisotopic (exact) mass is 359 g/mol. The summed E-state index contributed by atoms with van der Waals surface area (Å²) in [6.07, 6.45) is -3.23. The number of rotatable bonds is 2. The molecule has 0 aliphatic carbocycles. The first-order valence-electron chi connectivity index (χ1n) is 5.67. The van der Waals surface area contributed by atoms with Gasteiger partial charge in [0, 0.05) is 10.2 Å². The van der Waals surface area contributed by atoms with Gasteiger partial charge in [0.25, 0.3) is 5.91 Å². The third-order valence-electron chi connectivity index (χ3n) is 2.55. The van der Waals surface area contributed by atoms with E-state index >= 15 is 0 Å². The maximum atomic E-state index is 12.8. The minimum absolute atomic E-state index is 0.0224. The third kappa shape index (κ3) is 3.72. The highest BCUT2D eigenvalue weighted by molar-refractivity contribution is 9.10. The van der Waals surface area contributed by atoms with E-state index in [0.29, 0.717) is 5.69 Å². The average Bonchev–Trinajstić information content (AvgIpc) is 2.40. The van der Waals surface area contributed by atoms with Crippen LogP contribution in [0.2, 0.25) is 0 Å². The number of hydrogen-bond acceptors (Lipinski definition) is 3. The molecule has 1 aromatic carbocycles. The first kappa shape index (κ1) is 15.3. The van der Waals surface area contributed by atoms with E-state index in [0.717, 1.165) is 6.07 Å². The number of pyridine rings is 1. The van der Waals surface area contributed by atoms with Crippen LogP contribution in [-0.4, -0.2) is 10.9 Å². The number of nitrogen functional groups attached to an aromatic ring is 1. The second-order valence-electron chi connectivity index (χ2n) is 4.12. The molecule has 3 N–H and O–H groups in total. The number of aromatic nitrogens is 1. The minimum Gasteiger partial charge on any atom is -0.397 e. The van der Waals surface area contributed by atoms with Crippen LogP contribution in [-0.2, 0) is 6.18 Å². The molecule has 0 fully saturated rings. The zero-order valence-electron chi connectivity index (χ0n) is 10.4. The zero-order chi connectivity index (χ0) is 15.6. The normalized spacial score (nSPS) is 11.2. The summed E-state index contributed by atoms with van der Waals surface area (Å²) in [7, 11) is 0. The van der Waals surface area contributed by atoms with Crippen LogP contribution < -0.4 is 11.1 Å². The van der Waals surface area contributed by atoms with Crippen molar-refractivity contribution in [1.29, 1.82) is 0 Å². The number of carbonyl (C=O) groups excluding carboxylic acids is 1. The van der Waals surface area contributed by atoms with Gasteiger partial charge in [0.15, 0.2) is 0 Å². The molecule has 1 heterocycles. The molecule has 0 radical (unpaired) electrons. The van der Waals surface area contributed by atoms with Gasteiger partial charge in [0.05, 0.1) is 17.4 Å². The van der Waals surface area contributed by atoms with Gasteiger partial charge in [-0.25, -0.2) is 4.98 Å².